The molecule has 6 nitrogen and oxygen atoms in total. The second-order valence-electron chi connectivity index (χ2n) is 5.53. The molecule has 1 atom stereocenters. The fourth-order valence-corrected chi connectivity index (χ4v) is 2.66. The zero-order valence-corrected chi connectivity index (χ0v) is 14.2. The number of likely N-dealkylation sites (N-methyl/N-ethyl adjacent to an activating group) is 1. The summed E-state index contributed by atoms with van der Waals surface area (Å²) in [6, 6.07) is 4.18. The van der Waals surface area contributed by atoms with Gasteiger partial charge in [0.2, 0.25) is 11.8 Å². The van der Waals surface area contributed by atoms with Gasteiger partial charge in [-0.1, -0.05) is 18.5 Å². The Bertz CT molecular complexity index is 647. The molecule has 1 N–H and O–H groups in total. The van der Waals surface area contributed by atoms with Crippen molar-refractivity contribution in [2.24, 2.45) is 0 Å². The standard InChI is InChI=1S/C16H20ClN3O3/c1-4-14(21)18-13-9-11(17)5-6-12(13)16(23)20-8-7-19(3)15(22)10(20)2/h5-6,9-10H,4,7-8H2,1-3H3,(H,18,21)/t10-/m1/s1. The van der Waals surface area contributed by atoms with E-state index in [0.717, 1.165) is 0 Å². The number of piperazine rings is 1. The van der Waals surface area contributed by atoms with Crippen molar-refractivity contribution in [3.63, 3.8) is 0 Å². The molecule has 0 unspecified atom stereocenters. The lowest BCUT2D eigenvalue weighted by atomic mass is 10.1. The molecule has 1 aromatic carbocycles. The molecule has 1 aromatic rings. The number of benzene rings is 1. The zero-order chi connectivity index (χ0) is 17.1. The Labute approximate surface area is 140 Å². The van der Waals surface area contributed by atoms with Crippen molar-refractivity contribution in [2.45, 2.75) is 26.3 Å². The molecule has 7 heteroatoms. The average Bonchev–Trinajstić information content (AvgIpc) is 2.52. The van der Waals surface area contributed by atoms with E-state index in [0.29, 0.717) is 35.8 Å². The minimum atomic E-state index is -0.536. The van der Waals surface area contributed by atoms with Crippen LogP contribution in [-0.2, 0) is 9.59 Å². The number of carbonyl (C=O) groups excluding carboxylic acids is 3. The van der Waals surface area contributed by atoms with E-state index in [1.54, 1.807) is 44.0 Å². The van der Waals surface area contributed by atoms with Gasteiger partial charge in [-0.2, -0.15) is 0 Å². The van der Waals surface area contributed by atoms with Gasteiger partial charge >= 0.3 is 0 Å². The van der Waals surface area contributed by atoms with E-state index in [-0.39, 0.29) is 17.7 Å². The van der Waals surface area contributed by atoms with Crippen molar-refractivity contribution >= 4 is 35.0 Å². The smallest absolute Gasteiger partial charge is 0.256 e. The first-order valence-corrected chi connectivity index (χ1v) is 7.88. The van der Waals surface area contributed by atoms with Crippen LogP contribution in [0.2, 0.25) is 5.02 Å². The highest BCUT2D eigenvalue weighted by atomic mass is 35.5. The zero-order valence-electron chi connectivity index (χ0n) is 13.4. The molecule has 2 rings (SSSR count). The molecule has 1 aliphatic heterocycles. The summed E-state index contributed by atoms with van der Waals surface area (Å²) in [6.45, 7) is 4.36. The van der Waals surface area contributed by atoms with Crippen molar-refractivity contribution in [1.82, 2.24) is 9.80 Å². The Morgan fingerprint density at radius 2 is 2.04 bits per heavy atom. The number of nitrogens with zero attached hydrogens (tertiary/aromatic N) is 2. The monoisotopic (exact) mass is 337 g/mol. The van der Waals surface area contributed by atoms with Gasteiger partial charge < -0.3 is 15.1 Å². The number of carbonyl (C=O) groups is 3. The van der Waals surface area contributed by atoms with E-state index in [1.165, 1.54) is 4.90 Å². The van der Waals surface area contributed by atoms with Crippen LogP contribution in [0.1, 0.15) is 30.6 Å². The maximum Gasteiger partial charge on any atom is 0.256 e. The maximum absolute atomic E-state index is 12.8. The lowest BCUT2D eigenvalue weighted by Crippen LogP contribution is -2.56. The number of nitrogens with one attached hydrogen (secondary N) is 1. The third kappa shape index (κ3) is 3.64. The molecular weight excluding hydrogens is 318 g/mol. The van der Waals surface area contributed by atoms with E-state index < -0.39 is 6.04 Å². The summed E-state index contributed by atoms with van der Waals surface area (Å²) in [5.74, 6) is -0.594. The van der Waals surface area contributed by atoms with Gasteiger partial charge in [0.25, 0.3) is 5.91 Å². The van der Waals surface area contributed by atoms with Crippen LogP contribution in [0.15, 0.2) is 18.2 Å². The lowest BCUT2D eigenvalue weighted by Gasteiger charge is -2.37. The Hall–Kier alpha value is -2.08. The first-order valence-electron chi connectivity index (χ1n) is 7.50. The third-order valence-corrected chi connectivity index (χ3v) is 4.18. The number of rotatable bonds is 3. The molecule has 23 heavy (non-hydrogen) atoms. The molecule has 0 aliphatic carbocycles. The fraction of sp³-hybridized carbons (Fsp3) is 0.438. The van der Waals surface area contributed by atoms with Crippen LogP contribution in [0.25, 0.3) is 0 Å². The van der Waals surface area contributed by atoms with E-state index >= 15 is 0 Å². The maximum atomic E-state index is 12.8. The summed E-state index contributed by atoms with van der Waals surface area (Å²) in [5, 5.41) is 3.12. The van der Waals surface area contributed by atoms with Crippen LogP contribution in [-0.4, -0.2) is 53.7 Å². The number of amides is 3. The first kappa shape index (κ1) is 17.3. The first-order chi connectivity index (χ1) is 10.8. The van der Waals surface area contributed by atoms with Crippen LogP contribution in [0.4, 0.5) is 5.69 Å². The van der Waals surface area contributed by atoms with Gasteiger partial charge in [0, 0.05) is 31.6 Å². The van der Waals surface area contributed by atoms with Crippen LogP contribution in [0.3, 0.4) is 0 Å². The molecule has 1 aliphatic rings. The summed E-state index contributed by atoms with van der Waals surface area (Å²) < 4.78 is 0. The SMILES string of the molecule is CCC(=O)Nc1cc(Cl)ccc1C(=O)N1CCN(C)C(=O)[C@H]1C. The van der Waals surface area contributed by atoms with Crippen molar-refractivity contribution in [2.75, 3.05) is 25.5 Å². The Kier molecular flexibility index (Phi) is 5.26. The van der Waals surface area contributed by atoms with Crippen LogP contribution in [0, 0.1) is 0 Å². The van der Waals surface area contributed by atoms with Crippen LogP contribution < -0.4 is 5.32 Å². The predicted octanol–water partition coefficient (Wildman–Crippen LogP) is 1.99. The Morgan fingerprint density at radius 3 is 2.70 bits per heavy atom. The van der Waals surface area contributed by atoms with Crippen molar-refractivity contribution in [3.8, 4) is 0 Å². The summed E-state index contributed by atoms with van der Waals surface area (Å²) in [7, 11) is 1.72. The molecule has 0 radical (unpaired) electrons. The highest BCUT2D eigenvalue weighted by Crippen LogP contribution is 2.24. The summed E-state index contributed by atoms with van der Waals surface area (Å²) in [4.78, 5) is 39.7. The van der Waals surface area contributed by atoms with Gasteiger partial charge in [0.05, 0.1) is 11.3 Å². The van der Waals surface area contributed by atoms with E-state index in [2.05, 4.69) is 5.32 Å². The van der Waals surface area contributed by atoms with Gasteiger partial charge in [0.15, 0.2) is 0 Å². The van der Waals surface area contributed by atoms with Crippen LogP contribution in [0.5, 0.6) is 0 Å². The molecule has 0 saturated carbocycles. The van der Waals surface area contributed by atoms with Gasteiger partial charge in [-0.25, -0.2) is 0 Å². The van der Waals surface area contributed by atoms with Gasteiger partial charge in [0.1, 0.15) is 6.04 Å². The van der Waals surface area contributed by atoms with Crippen LogP contribution >= 0.6 is 11.6 Å². The molecule has 124 valence electrons. The van der Waals surface area contributed by atoms with Gasteiger partial charge in [-0.15, -0.1) is 0 Å². The van der Waals surface area contributed by atoms with E-state index in [4.69, 9.17) is 11.6 Å². The quantitative estimate of drug-likeness (QED) is 0.917. The number of halogens is 1. The van der Waals surface area contributed by atoms with Gasteiger partial charge in [-0.05, 0) is 25.1 Å². The fourth-order valence-electron chi connectivity index (χ4n) is 2.49. The topological polar surface area (TPSA) is 69.7 Å². The summed E-state index contributed by atoms with van der Waals surface area (Å²) in [6.07, 6.45) is 0.295. The minimum absolute atomic E-state index is 0.0993. The van der Waals surface area contributed by atoms with Gasteiger partial charge in [-0.3, -0.25) is 14.4 Å². The average molecular weight is 338 g/mol. The molecule has 0 spiro atoms. The highest BCUT2D eigenvalue weighted by molar-refractivity contribution is 6.31. The van der Waals surface area contributed by atoms with E-state index in [1.807, 2.05) is 0 Å². The third-order valence-electron chi connectivity index (χ3n) is 3.95. The molecule has 0 aromatic heterocycles. The lowest BCUT2D eigenvalue weighted by molar-refractivity contribution is -0.137. The van der Waals surface area contributed by atoms with Crippen molar-refractivity contribution in [1.29, 1.82) is 0 Å². The Morgan fingerprint density at radius 1 is 1.35 bits per heavy atom. The van der Waals surface area contributed by atoms with E-state index in [9.17, 15) is 14.4 Å². The number of hydrogen-bond acceptors (Lipinski definition) is 3. The summed E-state index contributed by atoms with van der Waals surface area (Å²) in [5.41, 5.74) is 0.702. The molecule has 1 fully saturated rings. The predicted molar refractivity (Wildman–Crippen MR) is 88.5 cm³/mol. The molecule has 1 saturated heterocycles. The largest absolute Gasteiger partial charge is 0.342 e. The molecular formula is C16H20ClN3O3. The second kappa shape index (κ2) is 7.00. The second-order valence-corrected chi connectivity index (χ2v) is 5.96. The molecule has 0 bridgehead atoms. The molecule has 3 amide bonds. The van der Waals surface area contributed by atoms with Crippen molar-refractivity contribution < 1.29 is 14.4 Å². The highest BCUT2D eigenvalue weighted by Gasteiger charge is 2.33. The minimum Gasteiger partial charge on any atom is -0.342 e. The number of anilines is 1. The summed E-state index contributed by atoms with van der Waals surface area (Å²) >= 11 is 5.97. The normalized spacial score (nSPS) is 18.1. The Balaban J connectivity index is 2.32. The van der Waals surface area contributed by atoms with Crippen molar-refractivity contribution in [3.05, 3.63) is 28.8 Å². The molecule has 1 heterocycles. The number of hydrogen-bond donors (Lipinski definition) is 1.